The average Bonchev–Trinajstić information content (AvgIpc) is 2.84. The number of pyridine rings is 1. The van der Waals surface area contributed by atoms with Gasteiger partial charge in [-0.05, 0) is 30.7 Å². The number of nitrogen functional groups attached to an aromatic ring is 1. The predicted octanol–water partition coefficient (Wildman–Crippen LogP) is 2.08. The van der Waals surface area contributed by atoms with Gasteiger partial charge in [0.05, 0.1) is 5.69 Å². The van der Waals surface area contributed by atoms with Crippen molar-refractivity contribution in [2.24, 2.45) is 0 Å². The standard InChI is InChI=1S/C15H14N4O2/c1-9-4-5-17-14-13(9)18-15(16)19(14)10-2-3-11-12(8-10)21-7-6-20-11/h2-5,8H,6-7H2,1H3,(H2,16,18). The van der Waals surface area contributed by atoms with E-state index in [1.165, 1.54) is 0 Å². The SMILES string of the molecule is Cc1ccnc2c1nc(N)n2-c1ccc2c(c1)OCCO2. The largest absolute Gasteiger partial charge is 0.486 e. The Morgan fingerprint density at radius 3 is 2.81 bits per heavy atom. The smallest absolute Gasteiger partial charge is 0.207 e. The van der Waals surface area contributed by atoms with E-state index in [0.29, 0.717) is 24.9 Å². The maximum absolute atomic E-state index is 6.07. The fourth-order valence-electron chi connectivity index (χ4n) is 2.54. The number of ether oxygens (including phenoxy) is 2. The minimum absolute atomic E-state index is 0.406. The Morgan fingerprint density at radius 1 is 1.14 bits per heavy atom. The first-order valence-corrected chi connectivity index (χ1v) is 6.73. The second-order valence-corrected chi connectivity index (χ2v) is 4.93. The quantitative estimate of drug-likeness (QED) is 0.739. The van der Waals surface area contributed by atoms with E-state index < -0.39 is 0 Å². The first-order valence-electron chi connectivity index (χ1n) is 6.73. The molecule has 0 bridgehead atoms. The lowest BCUT2D eigenvalue weighted by Crippen LogP contribution is -2.15. The van der Waals surface area contributed by atoms with E-state index in [1.807, 2.05) is 35.8 Å². The molecule has 2 aromatic heterocycles. The van der Waals surface area contributed by atoms with Gasteiger partial charge in [-0.25, -0.2) is 9.97 Å². The molecule has 6 heteroatoms. The van der Waals surface area contributed by atoms with Crippen molar-refractivity contribution >= 4 is 17.1 Å². The minimum Gasteiger partial charge on any atom is -0.486 e. The molecule has 0 atom stereocenters. The molecule has 106 valence electrons. The summed E-state index contributed by atoms with van der Waals surface area (Å²) in [6.07, 6.45) is 1.76. The maximum Gasteiger partial charge on any atom is 0.207 e. The van der Waals surface area contributed by atoms with E-state index in [4.69, 9.17) is 15.2 Å². The summed E-state index contributed by atoms with van der Waals surface area (Å²) in [5.41, 5.74) is 9.52. The van der Waals surface area contributed by atoms with Crippen molar-refractivity contribution in [1.29, 1.82) is 0 Å². The van der Waals surface area contributed by atoms with Crippen LogP contribution in [0.15, 0.2) is 30.5 Å². The Bertz CT molecular complexity index is 841. The van der Waals surface area contributed by atoms with Gasteiger partial charge in [-0.1, -0.05) is 0 Å². The van der Waals surface area contributed by atoms with E-state index in [9.17, 15) is 0 Å². The molecule has 0 unspecified atom stereocenters. The Balaban J connectivity index is 1.94. The molecule has 0 saturated heterocycles. The third-order valence-corrected chi connectivity index (χ3v) is 3.56. The van der Waals surface area contributed by atoms with Crippen LogP contribution in [0.2, 0.25) is 0 Å². The molecule has 1 aromatic carbocycles. The van der Waals surface area contributed by atoms with Gasteiger partial charge in [-0.3, -0.25) is 4.57 Å². The molecule has 1 aliphatic heterocycles. The van der Waals surface area contributed by atoms with Gasteiger partial charge in [0.2, 0.25) is 5.95 Å². The zero-order valence-electron chi connectivity index (χ0n) is 11.5. The van der Waals surface area contributed by atoms with Gasteiger partial charge < -0.3 is 15.2 Å². The number of hydrogen-bond acceptors (Lipinski definition) is 5. The van der Waals surface area contributed by atoms with E-state index in [1.54, 1.807) is 6.20 Å². The van der Waals surface area contributed by atoms with Gasteiger partial charge in [0.25, 0.3) is 0 Å². The van der Waals surface area contributed by atoms with Crippen LogP contribution in [0.1, 0.15) is 5.56 Å². The van der Waals surface area contributed by atoms with Crippen molar-refractivity contribution in [2.75, 3.05) is 18.9 Å². The molecule has 6 nitrogen and oxygen atoms in total. The van der Waals surface area contributed by atoms with Crippen LogP contribution in [0.4, 0.5) is 5.95 Å². The molecule has 0 fully saturated rings. The molecule has 0 saturated carbocycles. The molecule has 1 aliphatic rings. The molecule has 0 radical (unpaired) electrons. The third kappa shape index (κ3) is 1.79. The molecule has 21 heavy (non-hydrogen) atoms. The van der Waals surface area contributed by atoms with Crippen LogP contribution >= 0.6 is 0 Å². The van der Waals surface area contributed by atoms with E-state index >= 15 is 0 Å². The fourth-order valence-corrected chi connectivity index (χ4v) is 2.54. The van der Waals surface area contributed by atoms with Crippen molar-refractivity contribution in [3.63, 3.8) is 0 Å². The van der Waals surface area contributed by atoms with E-state index in [0.717, 1.165) is 28.2 Å². The number of nitrogens with two attached hydrogens (primary N) is 1. The molecule has 3 aromatic rings. The van der Waals surface area contributed by atoms with Gasteiger partial charge in [0, 0.05) is 12.3 Å². The molecular weight excluding hydrogens is 268 g/mol. The number of anilines is 1. The second kappa shape index (κ2) is 4.37. The summed E-state index contributed by atoms with van der Waals surface area (Å²) < 4.78 is 13.0. The molecule has 0 aliphatic carbocycles. The predicted molar refractivity (Wildman–Crippen MR) is 79.0 cm³/mol. The molecule has 2 N–H and O–H groups in total. The van der Waals surface area contributed by atoms with Crippen LogP contribution in [-0.2, 0) is 0 Å². The van der Waals surface area contributed by atoms with Crippen LogP contribution in [-0.4, -0.2) is 27.7 Å². The van der Waals surface area contributed by atoms with Crippen LogP contribution in [0.25, 0.3) is 16.9 Å². The second-order valence-electron chi connectivity index (χ2n) is 4.93. The molecule has 3 heterocycles. The van der Waals surface area contributed by atoms with Crippen LogP contribution in [0.3, 0.4) is 0 Å². The first kappa shape index (κ1) is 12.0. The highest BCUT2D eigenvalue weighted by Gasteiger charge is 2.16. The number of rotatable bonds is 1. The van der Waals surface area contributed by atoms with Crippen molar-refractivity contribution < 1.29 is 9.47 Å². The summed E-state index contributed by atoms with van der Waals surface area (Å²) in [5, 5.41) is 0. The Hall–Kier alpha value is -2.76. The van der Waals surface area contributed by atoms with Crippen molar-refractivity contribution in [3.05, 3.63) is 36.0 Å². The van der Waals surface area contributed by atoms with Gasteiger partial charge in [-0.15, -0.1) is 0 Å². The lowest BCUT2D eigenvalue weighted by molar-refractivity contribution is 0.171. The Labute approximate surface area is 121 Å². The number of imidazole rings is 1. The van der Waals surface area contributed by atoms with Crippen LogP contribution < -0.4 is 15.2 Å². The monoisotopic (exact) mass is 282 g/mol. The Morgan fingerprint density at radius 2 is 1.95 bits per heavy atom. The minimum atomic E-state index is 0.406. The van der Waals surface area contributed by atoms with Gasteiger partial charge >= 0.3 is 0 Å². The van der Waals surface area contributed by atoms with Crippen LogP contribution in [0.5, 0.6) is 11.5 Å². The first-order chi connectivity index (χ1) is 10.2. The normalized spacial score (nSPS) is 13.6. The van der Waals surface area contributed by atoms with Gasteiger partial charge in [0.1, 0.15) is 18.7 Å². The summed E-state index contributed by atoms with van der Waals surface area (Å²) >= 11 is 0. The van der Waals surface area contributed by atoms with Crippen LogP contribution in [0, 0.1) is 6.92 Å². The van der Waals surface area contributed by atoms with Gasteiger partial charge in [0.15, 0.2) is 17.1 Å². The number of hydrogen-bond donors (Lipinski definition) is 1. The third-order valence-electron chi connectivity index (χ3n) is 3.56. The topological polar surface area (TPSA) is 75.2 Å². The van der Waals surface area contributed by atoms with Crippen molar-refractivity contribution in [3.8, 4) is 17.2 Å². The van der Waals surface area contributed by atoms with Crippen molar-refractivity contribution in [2.45, 2.75) is 6.92 Å². The lowest BCUT2D eigenvalue weighted by atomic mass is 10.2. The lowest BCUT2D eigenvalue weighted by Gasteiger charge is -2.19. The number of aromatic nitrogens is 3. The fraction of sp³-hybridized carbons (Fsp3) is 0.200. The van der Waals surface area contributed by atoms with E-state index in [-0.39, 0.29) is 0 Å². The number of nitrogens with zero attached hydrogens (tertiary/aromatic N) is 3. The highest BCUT2D eigenvalue weighted by Crippen LogP contribution is 2.33. The molecule has 0 amide bonds. The van der Waals surface area contributed by atoms with E-state index in [2.05, 4.69) is 9.97 Å². The average molecular weight is 282 g/mol. The highest BCUT2D eigenvalue weighted by atomic mass is 16.6. The number of fused-ring (bicyclic) bond motifs is 2. The Kier molecular flexibility index (Phi) is 2.50. The van der Waals surface area contributed by atoms with Gasteiger partial charge in [-0.2, -0.15) is 0 Å². The van der Waals surface area contributed by atoms with Crippen molar-refractivity contribution in [1.82, 2.24) is 14.5 Å². The zero-order valence-corrected chi connectivity index (χ0v) is 11.5. The molecule has 4 rings (SSSR count). The maximum atomic E-state index is 6.07. The summed E-state index contributed by atoms with van der Waals surface area (Å²) in [7, 11) is 0. The summed E-state index contributed by atoms with van der Waals surface area (Å²) in [6, 6.07) is 7.62. The summed E-state index contributed by atoms with van der Waals surface area (Å²) in [6.45, 7) is 3.11. The number of benzene rings is 1. The summed E-state index contributed by atoms with van der Waals surface area (Å²) in [5.74, 6) is 1.87. The molecule has 0 spiro atoms. The molecular formula is C15H14N4O2. The highest BCUT2D eigenvalue weighted by molar-refractivity contribution is 5.80. The number of aryl methyl sites for hydroxylation is 1. The summed E-state index contributed by atoms with van der Waals surface area (Å²) in [4.78, 5) is 8.81. The zero-order chi connectivity index (χ0) is 14.4.